The summed E-state index contributed by atoms with van der Waals surface area (Å²) >= 11 is 0. The van der Waals surface area contributed by atoms with E-state index in [4.69, 9.17) is 18.8 Å². The Morgan fingerprint density at radius 1 is 1.00 bits per heavy atom. The summed E-state index contributed by atoms with van der Waals surface area (Å²) in [7, 11) is -0.399. The third-order valence-corrected chi connectivity index (χ3v) is 6.95. The van der Waals surface area contributed by atoms with Gasteiger partial charge in [-0.1, -0.05) is 42.5 Å². The van der Waals surface area contributed by atoms with Gasteiger partial charge in [0.25, 0.3) is 0 Å². The van der Waals surface area contributed by atoms with Crippen LogP contribution in [0.15, 0.2) is 54.6 Å². The first-order chi connectivity index (χ1) is 15.7. The first-order valence-corrected chi connectivity index (χ1v) is 11.8. The van der Waals surface area contributed by atoms with E-state index in [0.717, 1.165) is 29.6 Å². The highest BCUT2D eigenvalue weighted by Crippen LogP contribution is 2.36. The molecule has 0 spiro atoms. The molecule has 2 saturated heterocycles. The molecule has 0 radical (unpaired) electrons. The summed E-state index contributed by atoms with van der Waals surface area (Å²) < 4.78 is 23.9. The van der Waals surface area contributed by atoms with E-state index < -0.39 is 7.12 Å². The van der Waals surface area contributed by atoms with Crippen molar-refractivity contribution < 1.29 is 23.6 Å². The van der Waals surface area contributed by atoms with E-state index in [1.54, 1.807) is 4.90 Å². The number of amides is 1. The lowest BCUT2D eigenvalue weighted by atomic mass is 9.79. The summed E-state index contributed by atoms with van der Waals surface area (Å²) in [6, 6.07) is 17.7. The molecule has 0 N–H and O–H groups in total. The summed E-state index contributed by atoms with van der Waals surface area (Å²) in [5.41, 5.74) is 1.22. The molecule has 2 heterocycles. The third kappa shape index (κ3) is 5.71. The lowest BCUT2D eigenvalue weighted by Gasteiger charge is -2.32. The monoisotopic (exact) mass is 451 g/mol. The zero-order valence-electron chi connectivity index (χ0n) is 20.1. The zero-order valence-corrected chi connectivity index (χ0v) is 20.1. The average Bonchev–Trinajstić information content (AvgIpc) is 3.04. The van der Waals surface area contributed by atoms with Crippen LogP contribution in [0.1, 0.15) is 46.1 Å². The van der Waals surface area contributed by atoms with Crippen molar-refractivity contribution in [3.63, 3.8) is 0 Å². The van der Waals surface area contributed by atoms with Crippen LogP contribution in [0.2, 0.25) is 0 Å². The quantitative estimate of drug-likeness (QED) is 0.609. The summed E-state index contributed by atoms with van der Waals surface area (Å²) in [5.74, 6) is 1.22. The summed E-state index contributed by atoms with van der Waals surface area (Å²) in [5, 5.41) is 0. The molecule has 0 aromatic heterocycles. The fourth-order valence-electron chi connectivity index (χ4n) is 4.04. The standard InChI is InChI=1S/C26H34BNO5/c1-25(2)26(3,4)33-27(32-25)22-11-8-12-23(17-22)30-18-21-13-15-28(16-14-21)24(29)31-19-20-9-6-5-7-10-20/h5-12,17,21H,13-16,18-19H2,1-4H3. The topological polar surface area (TPSA) is 57.2 Å². The number of benzene rings is 2. The summed E-state index contributed by atoms with van der Waals surface area (Å²) in [6.45, 7) is 10.5. The normalized spacial score (nSPS) is 20.0. The van der Waals surface area contributed by atoms with Crippen LogP contribution in [0.3, 0.4) is 0 Å². The van der Waals surface area contributed by atoms with Gasteiger partial charge in [0.15, 0.2) is 0 Å². The van der Waals surface area contributed by atoms with Crippen molar-refractivity contribution in [1.82, 2.24) is 4.90 Å². The molecule has 1 amide bonds. The smallest absolute Gasteiger partial charge is 0.493 e. The number of carbonyl (C=O) groups is 1. The van der Waals surface area contributed by atoms with Gasteiger partial charge >= 0.3 is 13.2 Å². The molecule has 2 fully saturated rings. The molecular formula is C26H34BNO5. The fourth-order valence-corrected chi connectivity index (χ4v) is 4.04. The predicted octanol–water partition coefficient (Wildman–Crippen LogP) is 4.41. The molecule has 0 unspecified atom stereocenters. The average molecular weight is 451 g/mol. The third-order valence-electron chi connectivity index (χ3n) is 6.95. The number of nitrogens with zero attached hydrogens (tertiary/aromatic N) is 1. The van der Waals surface area contributed by atoms with Gasteiger partial charge in [-0.25, -0.2) is 4.79 Å². The Hall–Kier alpha value is -2.51. The number of piperidine rings is 1. The molecule has 0 aliphatic carbocycles. The van der Waals surface area contributed by atoms with Crippen LogP contribution >= 0.6 is 0 Å². The Bertz CT molecular complexity index is 925. The lowest BCUT2D eigenvalue weighted by Crippen LogP contribution is -2.41. The molecule has 7 heteroatoms. The van der Waals surface area contributed by atoms with Gasteiger partial charge in [-0.15, -0.1) is 0 Å². The van der Waals surface area contributed by atoms with Crippen LogP contribution in [-0.4, -0.2) is 49.0 Å². The molecule has 0 atom stereocenters. The number of hydrogen-bond acceptors (Lipinski definition) is 5. The molecule has 6 nitrogen and oxygen atoms in total. The van der Waals surface area contributed by atoms with Crippen LogP contribution < -0.4 is 10.2 Å². The maximum Gasteiger partial charge on any atom is 0.494 e. The Kier molecular flexibility index (Phi) is 7.01. The van der Waals surface area contributed by atoms with Crippen molar-refractivity contribution in [3.05, 3.63) is 60.2 Å². The molecule has 2 aliphatic rings. The van der Waals surface area contributed by atoms with Crippen molar-refractivity contribution in [2.75, 3.05) is 19.7 Å². The number of rotatable bonds is 6. The van der Waals surface area contributed by atoms with Crippen LogP contribution in [0.5, 0.6) is 5.75 Å². The van der Waals surface area contributed by atoms with Crippen molar-refractivity contribution in [3.8, 4) is 5.75 Å². The SMILES string of the molecule is CC1(C)OB(c2cccc(OCC3CCN(C(=O)OCc4ccccc4)CC3)c2)OC1(C)C. The minimum Gasteiger partial charge on any atom is -0.493 e. The fraction of sp³-hybridized carbons (Fsp3) is 0.500. The number of ether oxygens (including phenoxy) is 2. The van der Waals surface area contributed by atoms with Gasteiger partial charge in [-0.2, -0.15) is 0 Å². The molecular weight excluding hydrogens is 417 g/mol. The summed E-state index contributed by atoms with van der Waals surface area (Å²) in [6.07, 6.45) is 1.56. The van der Waals surface area contributed by atoms with Crippen LogP contribution in [-0.2, 0) is 20.7 Å². The molecule has 33 heavy (non-hydrogen) atoms. The minimum absolute atomic E-state index is 0.242. The van der Waals surface area contributed by atoms with Crippen LogP contribution in [0, 0.1) is 5.92 Å². The van der Waals surface area contributed by atoms with Crippen molar-refractivity contribution >= 4 is 18.7 Å². The Balaban J connectivity index is 1.22. The second-order valence-electron chi connectivity index (χ2n) is 9.94. The van der Waals surface area contributed by atoms with E-state index in [9.17, 15) is 4.79 Å². The molecule has 176 valence electrons. The first kappa shape index (κ1) is 23.6. The molecule has 0 bridgehead atoms. The van der Waals surface area contributed by atoms with Gasteiger partial charge in [0, 0.05) is 13.1 Å². The minimum atomic E-state index is -0.399. The van der Waals surface area contributed by atoms with Crippen molar-refractivity contribution in [1.29, 1.82) is 0 Å². The Morgan fingerprint density at radius 2 is 1.67 bits per heavy atom. The number of carbonyl (C=O) groups excluding carboxylic acids is 1. The van der Waals surface area contributed by atoms with Gasteiger partial charge in [-0.3, -0.25) is 0 Å². The second kappa shape index (κ2) is 9.78. The van der Waals surface area contributed by atoms with Crippen molar-refractivity contribution in [2.45, 2.75) is 58.3 Å². The first-order valence-electron chi connectivity index (χ1n) is 11.8. The van der Waals surface area contributed by atoms with Gasteiger partial charge in [0.1, 0.15) is 12.4 Å². The van der Waals surface area contributed by atoms with E-state index >= 15 is 0 Å². The van der Waals surface area contributed by atoms with Gasteiger partial charge in [0.2, 0.25) is 0 Å². The molecule has 2 aliphatic heterocycles. The van der Waals surface area contributed by atoms with Gasteiger partial charge in [-0.05, 0) is 69.6 Å². The predicted molar refractivity (Wildman–Crippen MR) is 129 cm³/mol. The lowest BCUT2D eigenvalue weighted by molar-refractivity contribution is 0.00578. The Labute approximate surface area is 197 Å². The highest BCUT2D eigenvalue weighted by Gasteiger charge is 2.51. The van der Waals surface area contributed by atoms with Crippen LogP contribution in [0.25, 0.3) is 0 Å². The molecule has 2 aromatic rings. The van der Waals surface area contributed by atoms with Gasteiger partial charge < -0.3 is 23.7 Å². The molecule has 4 rings (SSSR count). The highest BCUT2D eigenvalue weighted by molar-refractivity contribution is 6.62. The van der Waals surface area contributed by atoms with E-state index in [2.05, 4.69) is 27.7 Å². The van der Waals surface area contributed by atoms with E-state index in [1.165, 1.54) is 0 Å². The van der Waals surface area contributed by atoms with E-state index in [-0.39, 0.29) is 17.3 Å². The summed E-state index contributed by atoms with van der Waals surface area (Å²) in [4.78, 5) is 14.2. The largest absolute Gasteiger partial charge is 0.494 e. The maximum absolute atomic E-state index is 12.4. The highest BCUT2D eigenvalue weighted by atomic mass is 16.7. The second-order valence-corrected chi connectivity index (χ2v) is 9.94. The number of hydrogen-bond donors (Lipinski definition) is 0. The van der Waals surface area contributed by atoms with Crippen LogP contribution in [0.4, 0.5) is 4.79 Å². The zero-order chi connectivity index (χ0) is 23.5. The Morgan fingerprint density at radius 3 is 2.33 bits per heavy atom. The molecule has 2 aromatic carbocycles. The van der Waals surface area contributed by atoms with Gasteiger partial charge in [0.05, 0.1) is 17.8 Å². The van der Waals surface area contributed by atoms with E-state index in [0.29, 0.717) is 32.2 Å². The molecule has 0 saturated carbocycles. The maximum atomic E-state index is 12.4. The van der Waals surface area contributed by atoms with E-state index in [1.807, 2.05) is 54.6 Å². The number of likely N-dealkylation sites (tertiary alicyclic amines) is 1. The van der Waals surface area contributed by atoms with Crippen molar-refractivity contribution in [2.24, 2.45) is 5.92 Å².